The first-order valence-electron chi connectivity index (χ1n) is 5.05. The molecule has 0 atom stereocenters. The lowest BCUT2D eigenvalue weighted by Gasteiger charge is -2.05. The molecule has 2 heterocycles. The Bertz CT molecular complexity index is 429. The van der Waals surface area contributed by atoms with Gasteiger partial charge in [0.25, 0.3) is 0 Å². The standard InChI is InChI=1S/C10H13N5O/c1-2-16-10-5-9(12-7-13-10)11-6-8-3-4-14-15-8/h3-5,7H,2,6H2,1H3,(H,14,15)(H,11,12,13). The Morgan fingerprint density at radius 1 is 1.44 bits per heavy atom. The average molecular weight is 219 g/mol. The number of anilines is 1. The van der Waals surface area contributed by atoms with Crippen molar-refractivity contribution in [3.63, 3.8) is 0 Å². The number of ether oxygens (including phenoxy) is 1. The van der Waals surface area contributed by atoms with E-state index in [0.29, 0.717) is 19.0 Å². The van der Waals surface area contributed by atoms with Gasteiger partial charge in [0.05, 0.1) is 18.8 Å². The number of nitrogens with one attached hydrogen (secondary N) is 2. The molecule has 2 rings (SSSR count). The molecule has 0 spiro atoms. The van der Waals surface area contributed by atoms with Crippen LogP contribution in [0, 0.1) is 0 Å². The quantitative estimate of drug-likeness (QED) is 0.790. The first-order chi connectivity index (χ1) is 7.88. The lowest BCUT2D eigenvalue weighted by molar-refractivity contribution is 0.326. The van der Waals surface area contributed by atoms with Crippen molar-refractivity contribution in [2.75, 3.05) is 11.9 Å². The lowest BCUT2D eigenvalue weighted by atomic mass is 10.4. The van der Waals surface area contributed by atoms with Crippen LogP contribution in [0.5, 0.6) is 5.88 Å². The normalized spacial score (nSPS) is 10.1. The highest BCUT2D eigenvalue weighted by Gasteiger charge is 1.99. The fourth-order valence-electron chi connectivity index (χ4n) is 1.23. The van der Waals surface area contributed by atoms with E-state index >= 15 is 0 Å². The van der Waals surface area contributed by atoms with Crippen molar-refractivity contribution in [1.29, 1.82) is 0 Å². The number of aromatic amines is 1. The summed E-state index contributed by atoms with van der Waals surface area (Å²) < 4.78 is 5.27. The molecular weight excluding hydrogens is 206 g/mol. The fraction of sp³-hybridized carbons (Fsp3) is 0.300. The molecule has 2 aromatic rings. The molecule has 0 saturated heterocycles. The van der Waals surface area contributed by atoms with Crippen molar-refractivity contribution in [2.24, 2.45) is 0 Å². The van der Waals surface area contributed by atoms with Crippen molar-refractivity contribution < 1.29 is 4.74 Å². The van der Waals surface area contributed by atoms with E-state index in [2.05, 4.69) is 25.5 Å². The highest BCUT2D eigenvalue weighted by Crippen LogP contribution is 2.11. The number of rotatable bonds is 5. The van der Waals surface area contributed by atoms with Gasteiger partial charge in [-0.05, 0) is 13.0 Å². The maximum absolute atomic E-state index is 5.27. The minimum absolute atomic E-state index is 0.574. The molecule has 0 saturated carbocycles. The first kappa shape index (κ1) is 10.4. The summed E-state index contributed by atoms with van der Waals surface area (Å²) in [4.78, 5) is 8.07. The molecule has 0 aliphatic carbocycles. The Kier molecular flexibility index (Phi) is 3.32. The second-order valence-corrected chi connectivity index (χ2v) is 3.11. The van der Waals surface area contributed by atoms with Gasteiger partial charge in [0.1, 0.15) is 12.1 Å². The molecule has 6 heteroatoms. The molecule has 0 fully saturated rings. The largest absolute Gasteiger partial charge is 0.478 e. The summed E-state index contributed by atoms with van der Waals surface area (Å²) in [6.45, 7) is 3.15. The minimum Gasteiger partial charge on any atom is -0.478 e. The van der Waals surface area contributed by atoms with E-state index in [9.17, 15) is 0 Å². The number of hydrogen-bond acceptors (Lipinski definition) is 5. The predicted octanol–water partition coefficient (Wildman–Crippen LogP) is 1.21. The maximum atomic E-state index is 5.27. The van der Waals surface area contributed by atoms with Crippen molar-refractivity contribution in [3.05, 3.63) is 30.4 Å². The van der Waals surface area contributed by atoms with E-state index in [1.165, 1.54) is 6.33 Å². The molecule has 0 aliphatic heterocycles. The van der Waals surface area contributed by atoms with Crippen LogP contribution in [0.3, 0.4) is 0 Å². The molecule has 0 aliphatic rings. The van der Waals surface area contributed by atoms with Gasteiger partial charge in [0, 0.05) is 12.3 Å². The van der Waals surface area contributed by atoms with Crippen LogP contribution in [0.4, 0.5) is 5.82 Å². The van der Waals surface area contributed by atoms with Crippen molar-refractivity contribution >= 4 is 5.82 Å². The Labute approximate surface area is 93.1 Å². The van der Waals surface area contributed by atoms with Crippen LogP contribution in [0.25, 0.3) is 0 Å². The molecule has 0 amide bonds. The summed E-state index contributed by atoms with van der Waals surface area (Å²) in [6.07, 6.45) is 3.18. The number of aromatic nitrogens is 4. The zero-order valence-electron chi connectivity index (χ0n) is 8.97. The molecule has 16 heavy (non-hydrogen) atoms. The van der Waals surface area contributed by atoms with E-state index in [-0.39, 0.29) is 0 Å². The van der Waals surface area contributed by atoms with Crippen LogP contribution in [0.2, 0.25) is 0 Å². The minimum atomic E-state index is 0.574. The van der Waals surface area contributed by atoms with Crippen LogP contribution in [-0.4, -0.2) is 26.8 Å². The van der Waals surface area contributed by atoms with Crippen molar-refractivity contribution in [3.8, 4) is 5.88 Å². The smallest absolute Gasteiger partial charge is 0.218 e. The Balaban J connectivity index is 1.96. The third-order valence-corrected chi connectivity index (χ3v) is 1.95. The Hall–Kier alpha value is -2.11. The van der Waals surface area contributed by atoms with Gasteiger partial charge in [-0.15, -0.1) is 0 Å². The SMILES string of the molecule is CCOc1cc(NCc2ccn[nH]2)ncn1. The van der Waals surface area contributed by atoms with Gasteiger partial charge in [-0.25, -0.2) is 9.97 Å². The zero-order chi connectivity index (χ0) is 11.2. The molecule has 0 aromatic carbocycles. The highest BCUT2D eigenvalue weighted by atomic mass is 16.5. The average Bonchev–Trinajstić information content (AvgIpc) is 2.80. The van der Waals surface area contributed by atoms with Gasteiger partial charge in [0.2, 0.25) is 5.88 Å². The monoisotopic (exact) mass is 219 g/mol. The Morgan fingerprint density at radius 2 is 2.38 bits per heavy atom. The van der Waals surface area contributed by atoms with Gasteiger partial charge in [0.15, 0.2) is 0 Å². The summed E-state index contributed by atoms with van der Waals surface area (Å²) in [5.41, 5.74) is 0.997. The van der Waals surface area contributed by atoms with Gasteiger partial charge >= 0.3 is 0 Å². The second-order valence-electron chi connectivity index (χ2n) is 3.11. The summed E-state index contributed by atoms with van der Waals surface area (Å²) in [6, 6.07) is 3.66. The predicted molar refractivity (Wildman–Crippen MR) is 59.1 cm³/mol. The van der Waals surface area contributed by atoms with Gasteiger partial charge in [-0.3, -0.25) is 5.10 Å². The number of H-pyrrole nitrogens is 1. The van der Waals surface area contributed by atoms with E-state index in [0.717, 1.165) is 11.5 Å². The van der Waals surface area contributed by atoms with Gasteiger partial charge in [-0.2, -0.15) is 5.10 Å². The molecule has 2 aromatic heterocycles. The molecular formula is C10H13N5O. The molecule has 2 N–H and O–H groups in total. The van der Waals surface area contributed by atoms with Gasteiger partial charge < -0.3 is 10.1 Å². The number of nitrogens with zero attached hydrogens (tertiary/aromatic N) is 3. The molecule has 0 unspecified atom stereocenters. The van der Waals surface area contributed by atoms with E-state index in [1.807, 2.05) is 13.0 Å². The second kappa shape index (κ2) is 5.11. The van der Waals surface area contributed by atoms with Crippen molar-refractivity contribution in [1.82, 2.24) is 20.2 Å². The van der Waals surface area contributed by atoms with Crippen LogP contribution < -0.4 is 10.1 Å². The first-order valence-corrected chi connectivity index (χ1v) is 5.05. The summed E-state index contributed by atoms with van der Waals surface area (Å²) in [7, 11) is 0. The van der Waals surface area contributed by atoms with E-state index < -0.39 is 0 Å². The maximum Gasteiger partial charge on any atom is 0.218 e. The third kappa shape index (κ3) is 2.69. The van der Waals surface area contributed by atoms with Crippen LogP contribution in [0.15, 0.2) is 24.7 Å². The summed E-state index contributed by atoms with van der Waals surface area (Å²) in [5, 5.41) is 9.86. The number of hydrogen-bond donors (Lipinski definition) is 2. The summed E-state index contributed by atoms with van der Waals surface area (Å²) in [5.74, 6) is 1.30. The van der Waals surface area contributed by atoms with Crippen molar-refractivity contribution in [2.45, 2.75) is 13.5 Å². The van der Waals surface area contributed by atoms with E-state index in [4.69, 9.17) is 4.74 Å². The third-order valence-electron chi connectivity index (χ3n) is 1.95. The Morgan fingerprint density at radius 3 is 3.12 bits per heavy atom. The zero-order valence-corrected chi connectivity index (χ0v) is 8.97. The van der Waals surface area contributed by atoms with Crippen LogP contribution in [-0.2, 0) is 6.54 Å². The molecule has 6 nitrogen and oxygen atoms in total. The fourth-order valence-corrected chi connectivity index (χ4v) is 1.23. The molecule has 84 valence electrons. The molecule has 0 radical (unpaired) electrons. The van der Waals surface area contributed by atoms with Crippen LogP contribution >= 0.6 is 0 Å². The van der Waals surface area contributed by atoms with Gasteiger partial charge in [-0.1, -0.05) is 0 Å². The highest BCUT2D eigenvalue weighted by molar-refractivity contribution is 5.37. The lowest BCUT2D eigenvalue weighted by Crippen LogP contribution is -2.03. The molecule has 0 bridgehead atoms. The van der Waals surface area contributed by atoms with Crippen LogP contribution in [0.1, 0.15) is 12.6 Å². The van der Waals surface area contributed by atoms with E-state index in [1.54, 1.807) is 12.3 Å². The summed E-state index contributed by atoms with van der Waals surface area (Å²) >= 11 is 0. The topological polar surface area (TPSA) is 75.7 Å².